The Labute approximate surface area is 224 Å². The number of benzene rings is 2. The summed E-state index contributed by atoms with van der Waals surface area (Å²) in [5.41, 5.74) is 6.96. The second-order valence-corrected chi connectivity index (χ2v) is 9.31. The molecular formula is C26H25F7N4O3. The largest absolute Gasteiger partial charge is 0.389 e. The fraction of sp³-hybridized carbons (Fsp3) is 0.385. The van der Waals surface area contributed by atoms with E-state index < -0.39 is 79.6 Å². The average Bonchev–Trinajstić information content (AvgIpc) is 2.97. The zero-order valence-corrected chi connectivity index (χ0v) is 21.0. The van der Waals surface area contributed by atoms with Crippen LogP contribution in [0.5, 0.6) is 0 Å². The number of primary amides is 1. The molecule has 2 aromatic rings. The molecular weight excluding hydrogens is 549 g/mol. The van der Waals surface area contributed by atoms with Crippen molar-refractivity contribution in [2.24, 2.45) is 22.6 Å². The SMILES string of the molecule is Cc1cccc2c1NC(=O)C(NC(=O)C(CCC(F)(F)F)C(CCC(F)(F)F)C(N)=O)N=C2c1ccc(F)cc1. The van der Waals surface area contributed by atoms with Crippen LogP contribution in [-0.4, -0.2) is 42.0 Å². The number of aliphatic imine (C=N–C) groups is 1. The van der Waals surface area contributed by atoms with Gasteiger partial charge in [-0.05, 0) is 49.6 Å². The molecule has 216 valence electrons. The first kappa shape index (κ1) is 30.6. The van der Waals surface area contributed by atoms with Gasteiger partial charge in [0.1, 0.15) is 5.82 Å². The van der Waals surface area contributed by atoms with Crippen molar-refractivity contribution in [1.82, 2.24) is 5.32 Å². The summed E-state index contributed by atoms with van der Waals surface area (Å²) in [5, 5.41) is 4.76. The van der Waals surface area contributed by atoms with Crippen LogP contribution >= 0.6 is 0 Å². The van der Waals surface area contributed by atoms with E-state index in [2.05, 4.69) is 15.6 Å². The van der Waals surface area contributed by atoms with Crippen molar-refractivity contribution in [2.45, 2.75) is 51.1 Å². The van der Waals surface area contributed by atoms with E-state index in [4.69, 9.17) is 5.73 Å². The van der Waals surface area contributed by atoms with Gasteiger partial charge in [0.2, 0.25) is 18.0 Å². The van der Waals surface area contributed by atoms with Crippen LogP contribution < -0.4 is 16.4 Å². The second-order valence-electron chi connectivity index (χ2n) is 9.31. The van der Waals surface area contributed by atoms with Crippen molar-refractivity contribution in [3.8, 4) is 0 Å². The number of aryl methyl sites for hydroxylation is 1. The third-order valence-electron chi connectivity index (χ3n) is 6.34. The number of fused-ring (bicyclic) bond motifs is 1. The van der Waals surface area contributed by atoms with Crippen LogP contribution in [0.2, 0.25) is 0 Å². The highest BCUT2D eigenvalue weighted by Gasteiger charge is 2.40. The molecule has 0 saturated heterocycles. The topological polar surface area (TPSA) is 114 Å². The van der Waals surface area contributed by atoms with E-state index >= 15 is 0 Å². The summed E-state index contributed by atoms with van der Waals surface area (Å²) in [6.07, 6.45) is -16.6. The average molecular weight is 574 g/mol. The predicted octanol–water partition coefficient (Wildman–Crippen LogP) is 4.77. The molecule has 3 amide bonds. The zero-order valence-electron chi connectivity index (χ0n) is 21.0. The number of hydrogen-bond acceptors (Lipinski definition) is 4. The molecule has 14 heteroatoms. The molecule has 3 unspecified atom stereocenters. The standard InChI is InChI=1S/C26H25F7N4O3/c1-13-3-2-4-18-19(13)36-24(40)22(35-20(18)14-5-7-15(27)8-6-14)37-23(39)17(10-12-26(31,32)33)16(21(34)38)9-11-25(28,29)30/h2-8,16-17,22H,9-12H2,1H3,(H2,34,38)(H,36,40)(H,37,39). The minimum absolute atomic E-state index is 0.123. The molecule has 1 heterocycles. The van der Waals surface area contributed by atoms with E-state index in [1.54, 1.807) is 25.1 Å². The lowest BCUT2D eigenvalue weighted by molar-refractivity contribution is -0.152. The smallest absolute Gasteiger partial charge is 0.369 e. The molecule has 0 bridgehead atoms. The van der Waals surface area contributed by atoms with Crippen molar-refractivity contribution < 1.29 is 45.1 Å². The fourth-order valence-corrected chi connectivity index (χ4v) is 4.35. The lowest BCUT2D eigenvalue weighted by Crippen LogP contribution is -2.48. The quantitative estimate of drug-likeness (QED) is 0.375. The minimum atomic E-state index is -4.79. The first-order valence-electron chi connectivity index (χ1n) is 12.0. The summed E-state index contributed by atoms with van der Waals surface area (Å²) in [6.45, 7) is 1.67. The number of hydrogen-bond donors (Lipinski definition) is 3. The Kier molecular flexibility index (Phi) is 9.21. The highest BCUT2D eigenvalue weighted by Crippen LogP contribution is 2.33. The number of carbonyl (C=O) groups is 3. The van der Waals surface area contributed by atoms with Gasteiger partial charge in [0, 0.05) is 35.8 Å². The molecule has 0 aliphatic carbocycles. The molecule has 2 aromatic carbocycles. The molecule has 1 aliphatic rings. The van der Waals surface area contributed by atoms with E-state index in [9.17, 15) is 45.1 Å². The number of anilines is 1. The Bertz CT molecular complexity index is 1290. The van der Waals surface area contributed by atoms with Gasteiger partial charge in [0.05, 0.1) is 11.4 Å². The van der Waals surface area contributed by atoms with Crippen LogP contribution in [0.4, 0.5) is 36.4 Å². The molecule has 1 aliphatic heterocycles. The number of alkyl halides is 6. The molecule has 0 saturated carbocycles. The molecule has 0 radical (unpaired) electrons. The first-order chi connectivity index (χ1) is 18.6. The number of nitrogens with two attached hydrogens (primary N) is 1. The van der Waals surface area contributed by atoms with E-state index in [0.29, 0.717) is 22.4 Å². The highest BCUT2D eigenvalue weighted by atomic mass is 19.4. The molecule has 0 aromatic heterocycles. The van der Waals surface area contributed by atoms with Crippen LogP contribution in [-0.2, 0) is 14.4 Å². The molecule has 4 N–H and O–H groups in total. The molecule has 3 rings (SSSR count). The summed E-state index contributed by atoms with van der Waals surface area (Å²) >= 11 is 0. The van der Waals surface area contributed by atoms with E-state index in [-0.39, 0.29) is 5.71 Å². The number of benzodiazepines with no additional fused rings is 1. The maximum absolute atomic E-state index is 13.6. The molecule has 3 atom stereocenters. The Morgan fingerprint density at radius 3 is 2.10 bits per heavy atom. The maximum Gasteiger partial charge on any atom is 0.389 e. The van der Waals surface area contributed by atoms with Crippen molar-refractivity contribution in [3.63, 3.8) is 0 Å². The predicted molar refractivity (Wildman–Crippen MR) is 131 cm³/mol. The van der Waals surface area contributed by atoms with E-state index in [1.807, 2.05) is 0 Å². The van der Waals surface area contributed by atoms with Crippen LogP contribution in [0.1, 0.15) is 42.4 Å². The Hall–Kier alpha value is -3.97. The Balaban J connectivity index is 2.01. The highest BCUT2D eigenvalue weighted by molar-refractivity contribution is 6.20. The van der Waals surface area contributed by atoms with Gasteiger partial charge in [0.25, 0.3) is 5.91 Å². The van der Waals surface area contributed by atoms with Crippen molar-refractivity contribution in [3.05, 3.63) is 65.0 Å². The molecule has 40 heavy (non-hydrogen) atoms. The van der Waals surface area contributed by atoms with Crippen LogP contribution in [0.25, 0.3) is 0 Å². The van der Waals surface area contributed by atoms with Crippen molar-refractivity contribution in [1.29, 1.82) is 0 Å². The zero-order chi connectivity index (χ0) is 29.8. The van der Waals surface area contributed by atoms with Gasteiger partial charge in [-0.25, -0.2) is 9.38 Å². The Morgan fingerprint density at radius 1 is 0.975 bits per heavy atom. The third-order valence-corrected chi connectivity index (χ3v) is 6.34. The minimum Gasteiger partial charge on any atom is -0.369 e. The number of halogens is 7. The summed E-state index contributed by atoms with van der Waals surface area (Å²) in [4.78, 5) is 42.6. The fourth-order valence-electron chi connectivity index (χ4n) is 4.35. The number of rotatable bonds is 9. The van der Waals surface area contributed by atoms with Crippen molar-refractivity contribution >= 4 is 29.1 Å². The number of para-hydroxylation sites is 1. The normalized spacial score (nSPS) is 17.1. The third kappa shape index (κ3) is 8.02. The maximum atomic E-state index is 13.6. The molecule has 7 nitrogen and oxygen atoms in total. The van der Waals surface area contributed by atoms with E-state index in [0.717, 1.165) is 12.1 Å². The number of amides is 3. The van der Waals surface area contributed by atoms with Gasteiger partial charge in [-0.1, -0.05) is 18.2 Å². The lowest BCUT2D eigenvalue weighted by atomic mass is 9.83. The summed E-state index contributed by atoms with van der Waals surface area (Å²) in [6, 6.07) is 9.91. The van der Waals surface area contributed by atoms with Gasteiger partial charge in [-0.15, -0.1) is 0 Å². The van der Waals surface area contributed by atoms with E-state index in [1.165, 1.54) is 12.1 Å². The molecule has 0 fully saturated rings. The summed E-state index contributed by atoms with van der Waals surface area (Å²) in [7, 11) is 0. The number of carbonyl (C=O) groups excluding carboxylic acids is 3. The second kappa shape index (κ2) is 12.0. The van der Waals surface area contributed by atoms with Crippen molar-refractivity contribution in [2.75, 3.05) is 5.32 Å². The van der Waals surface area contributed by atoms with Gasteiger partial charge in [-0.3, -0.25) is 14.4 Å². The van der Waals surface area contributed by atoms with Crippen LogP contribution in [0.15, 0.2) is 47.5 Å². The number of nitrogens with one attached hydrogen (secondary N) is 2. The van der Waals surface area contributed by atoms with Crippen LogP contribution in [0.3, 0.4) is 0 Å². The van der Waals surface area contributed by atoms with Gasteiger partial charge in [0.15, 0.2) is 0 Å². The van der Waals surface area contributed by atoms with Gasteiger partial charge < -0.3 is 16.4 Å². The van der Waals surface area contributed by atoms with Gasteiger partial charge >= 0.3 is 12.4 Å². The molecule has 0 spiro atoms. The monoisotopic (exact) mass is 574 g/mol. The first-order valence-corrected chi connectivity index (χ1v) is 12.0. The summed E-state index contributed by atoms with van der Waals surface area (Å²) < 4.78 is 91.2. The lowest BCUT2D eigenvalue weighted by Gasteiger charge is -2.26. The number of nitrogens with zero attached hydrogens (tertiary/aromatic N) is 1. The Morgan fingerprint density at radius 2 is 1.55 bits per heavy atom. The summed E-state index contributed by atoms with van der Waals surface area (Å²) in [5.74, 6) is -8.01. The van der Waals surface area contributed by atoms with Crippen LogP contribution in [0, 0.1) is 24.6 Å². The van der Waals surface area contributed by atoms with Gasteiger partial charge in [-0.2, -0.15) is 26.3 Å².